The SMILES string of the molecule is CCn1c(=O)c(C(=O)C[n+]2cccc(O)c2)c(N)n(Cc2ccccc2)c1=O. The molecule has 3 rings (SSSR count). The van der Waals surface area contributed by atoms with Gasteiger partial charge in [0.05, 0.1) is 6.54 Å². The molecule has 2 heterocycles. The Labute approximate surface area is 160 Å². The van der Waals surface area contributed by atoms with Crippen LogP contribution in [0.15, 0.2) is 64.4 Å². The van der Waals surface area contributed by atoms with Crippen molar-refractivity contribution in [3.8, 4) is 5.75 Å². The highest BCUT2D eigenvalue weighted by molar-refractivity contribution is 5.98. The highest BCUT2D eigenvalue weighted by atomic mass is 16.3. The molecule has 8 heteroatoms. The third-order valence-corrected chi connectivity index (χ3v) is 4.42. The van der Waals surface area contributed by atoms with E-state index in [4.69, 9.17) is 5.73 Å². The van der Waals surface area contributed by atoms with Gasteiger partial charge in [0.15, 0.2) is 11.9 Å². The van der Waals surface area contributed by atoms with Crippen molar-refractivity contribution in [3.05, 3.63) is 86.8 Å². The topological polar surface area (TPSA) is 111 Å². The molecule has 0 saturated heterocycles. The van der Waals surface area contributed by atoms with Crippen LogP contribution in [0.2, 0.25) is 0 Å². The van der Waals surface area contributed by atoms with Crippen molar-refractivity contribution >= 4 is 11.6 Å². The summed E-state index contributed by atoms with van der Waals surface area (Å²) in [6, 6.07) is 12.2. The molecule has 28 heavy (non-hydrogen) atoms. The Morgan fingerprint density at radius 2 is 1.82 bits per heavy atom. The molecule has 8 nitrogen and oxygen atoms in total. The molecule has 0 aliphatic carbocycles. The number of aromatic nitrogens is 3. The molecular weight excluding hydrogens is 360 g/mol. The Kier molecular flexibility index (Phi) is 5.39. The Morgan fingerprint density at radius 3 is 2.46 bits per heavy atom. The van der Waals surface area contributed by atoms with Crippen LogP contribution >= 0.6 is 0 Å². The molecular formula is C20H21N4O4+. The first-order valence-corrected chi connectivity index (χ1v) is 8.80. The normalized spacial score (nSPS) is 10.8. The number of hydrogen-bond donors (Lipinski definition) is 2. The van der Waals surface area contributed by atoms with Crippen molar-refractivity contribution in [3.63, 3.8) is 0 Å². The van der Waals surface area contributed by atoms with E-state index in [0.717, 1.165) is 10.1 Å². The summed E-state index contributed by atoms with van der Waals surface area (Å²) in [5.41, 5.74) is 5.43. The molecule has 0 atom stereocenters. The second kappa shape index (κ2) is 7.91. The van der Waals surface area contributed by atoms with E-state index in [0.29, 0.717) is 0 Å². The predicted molar refractivity (Wildman–Crippen MR) is 103 cm³/mol. The van der Waals surface area contributed by atoms with Crippen LogP contribution in [0.3, 0.4) is 0 Å². The number of Topliss-reactive ketones (excluding diaryl/α,β-unsaturated/α-hetero) is 1. The van der Waals surface area contributed by atoms with E-state index in [-0.39, 0.29) is 36.8 Å². The van der Waals surface area contributed by atoms with Crippen molar-refractivity contribution in [2.75, 3.05) is 5.73 Å². The quantitative estimate of drug-likeness (QED) is 0.478. The van der Waals surface area contributed by atoms with Gasteiger partial charge in [0.25, 0.3) is 5.56 Å². The third kappa shape index (κ3) is 3.71. The van der Waals surface area contributed by atoms with Crippen molar-refractivity contribution in [1.82, 2.24) is 9.13 Å². The molecule has 3 aromatic rings. The van der Waals surface area contributed by atoms with E-state index < -0.39 is 17.0 Å². The van der Waals surface area contributed by atoms with E-state index in [1.54, 1.807) is 19.2 Å². The maximum atomic E-state index is 12.8. The van der Waals surface area contributed by atoms with Crippen LogP contribution in [0, 0.1) is 0 Å². The summed E-state index contributed by atoms with van der Waals surface area (Å²) < 4.78 is 3.68. The maximum Gasteiger partial charge on any atom is 0.332 e. The van der Waals surface area contributed by atoms with Crippen LogP contribution in [0.1, 0.15) is 22.8 Å². The van der Waals surface area contributed by atoms with E-state index in [1.165, 1.54) is 21.4 Å². The van der Waals surface area contributed by atoms with Gasteiger partial charge in [0.2, 0.25) is 18.5 Å². The lowest BCUT2D eigenvalue weighted by Crippen LogP contribution is -2.46. The summed E-state index contributed by atoms with van der Waals surface area (Å²) in [4.78, 5) is 38.3. The number of nitrogens with two attached hydrogens (primary N) is 1. The zero-order chi connectivity index (χ0) is 20.3. The second-order valence-electron chi connectivity index (χ2n) is 6.32. The van der Waals surface area contributed by atoms with Crippen LogP contribution < -0.4 is 21.5 Å². The van der Waals surface area contributed by atoms with Gasteiger partial charge in [-0.1, -0.05) is 30.3 Å². The molecule has 144 valence electrons. The molecule has 0 fully saturated rings. The van der Waals surface area contributed by atoms with Crippen LogP contribution in [-0.2, 0) is 19.6 Å². The molecule has 0 spiro atoms. The largest absolute Gasteiger partial charge is 0.503 e. The number of benzene rings is 1. The molecule has 2 aromatic heterocycles. The molecule has 0 amide bonds. The number of nitrogens with zero attached hydrogens (tertiary/aromatic N) is 3. The maximum absolute atomic E-state index is 12.8. The van der Waals surface area contributed by atoms with Crippen LogP contribution in [0.5, 0.6) is 5.75 Å². The molecule has 0 radical (unpaired) electrons. The Bertz CT molecular complexity index is 1130. The van der Waals surface area contributed by atoms with Crippen molar-refractivity contribution in [2.45, 2.75) is 26.6 Å². The Hall–Kier alpha value is -3.68. The summed E-state index contributed by atoms with van der Waals surface area (Å²) in [6.45, 7) is 1.73. The lowest BCUT2D eigenvalue weighted by molar-refractivity contribution is -0.683. The van der Waals surface area contributed by atoms with Crippen molar-refractivity contribution in [2.24, 2.45) is 0 Å². The van der Waals surface area contributed by atoms with Crippen LogP contribution in [-0.4, -0.2) is 20.0 Å². The number of anilines is 1. The van der Waals surface area contributed by atoms with Crippen molar-refractivity contribution in [1.29, 1.82) is 0 Å². The van der Waals surface area contributed by atoms with Gasteiger partial charge in [-0.05, 0) is 18.6 Å². The van der Waals surface area contributed by atoms with Gasteiger partial charge in [-0.15, -0.1) is 0 Å². The van der Waals surface area contributed by atoms with Crippen LogP contribution in [0.25, 0.3) is 0 Å². The standard InChI is InChI=1S/C20H20N4O4/c1-2-23-19(27)17(16(26)13-22-10-6-9-15(25)12-22)18(21)24(20(23)28)11-14-7-4-3-5-8-14/h3-10,12H,2,11,13H2,1H3,(H2-,21,25,26,27)/p+1. The van der Waals surface area contributed by atoms with Gasteiger partial charge in [-0.25, -0.2) is 4.79 Å². The van der Waals surface area contributed by atoms with Gasteiger partial charge >= 0.3 is 5.69 Å². The summed E-state index contributed by atoms with van der Waals surface area (Å²) in [5, 5.41) is 9.56. The average molecular weight is 381 g/mol. The van der Waals surface area contributed by atoms with Gasteiger partial charge in [0, 0.05) is 12.6 Å². The fourth-order valence-corrected chi connectivity index (χ4v) is 3.03. The predicted octanol–water partition coefficient (Wildman–Crippen LogP) is 0.536. The van der Waals surface area contributed by atoms with Gasteiger partial charge in [-0.2, -0.15) is 4.57 Å². The number of rotatable bonds is 6. The number of carbonyl (C=O) groups excluding carboxylic acids is 1. The Morgan fingerprint density at radius 1 is 1.11 bits per heavy atom. The third-order valence-electron chi connectivity index (χ3n) is 4.42. The van der Waals surface area contributed by atoms with Gasteiger partial charge in [-0.3, -0.25) is 18.7 Å². The molecule has 3 N–H and O–H groups in total. The Balaban J connectivity index is 2.10. The highest BCUT2D eigenvalue weighted by Gasteiger charge is 2.25. The smallest absolute Gasteiger partial charge is 0.332 e. The molecule has 0 aliphatic rings. The van der Waals surface area contributed by atoms with Crippen LogP contribution in [0.4, 0.5) is 5.82 Å². The number of nitrogen functional groups attached to an aromatic ring is 1. The fraction of sp³-hybridized carbons (Fsp3) is 0.200. The number of carbonyl (C=O) groups is 1. The first-order valence-electron chi connectivity index (χ1n) is 8.80. The molecule has 0 unspecified atom stereocenters. The fourth-order valence-electron chi connectivity index (χ4n) is 3.03. The number of hydrogen-bond acceptors (Lipinski definition) is 5. The second-order valence-corrected chi connectivity index (χ2v) is 6.32. The average Bonchev–Trinajstić information content (AvgIpc) is 2.66. The van der Waals surface area contributed by atoms with E-state index >= 15 is 0 Å². The van der Waals surface area contributed by atoms with E-state index in [1.807, 2.05) is 30.3 Å². The number of aromatic hydroxyl groups is 1. The summed E-state index contributed by atoms with van der Waals surface area (Å²) in [7, 11) is 0. The minimum Gasteiger partial charge on any atom is -0.503 e. The van der Waals surface area contributed by atoms with Gasteiger partial charge in [0.1, 0.15) is 11.4 Å². The lowest BCUT2D eigenvalue weighted by Gasteiger charge is -2.15. The zero-order valence-corrected chi connectivity index (χ0v) is 15.4. The molecule has 0 saturated carbocycles. The van der Waals surface area contributed by atoms with E-state index in [9.17, 15) is 19.5 Å². The minimum absolute atomic E-state index is 0.0108. The first-order chi connectivity index (χ1) is 13.4. The monoisotopic (exact) mass is 381 g/mol. The number of pyridine rings is 1. The number of ketones is 1. The molecule has 0 aliphatic heterocycles. The van der Waals surface area contributed by atoms with Crippen molar-refractivity contribution < 1.29 is 14.5 Å². The highest BCUT2D eigenvalue weighted by Crippen LogP contribution is 2.10. The molecule has 0 bridgehead atoms. The van der Waals surface area contributed by atoms with Gasteiger partial charge < -0.3 is 10.8 Å². The van der Waals surface area contributed by atoms with E-state index in [2.05, 4.69) is 0 Å². The lowest BCUT2D eigenvalue weighted by atomic mass is 10.1. The molecule has 1 aromatic carbocycles. The summed E-state index contributed by atoms with van der Waals surface area (Å²) in [6.07, 6.45) is 2.96. The minimum atomic E-state index is -0.708. The summed E-state index contributed by atoms with van der Waals surface area (Å²) >= 11 is 0. The zero-order valence-electron chi connectivity index (χ0n) is 15.4. The first kappa shape index (κ1) is 19.1. The summed E-state index contributed by atoms with van der Waals surface area (Å²) in [5.74, 6) is -0.709.